The van der Waals surface area contributed by atoms with Crippen LogP contribution in [0.1, 0.15) is 28.9 Å². The van der Waals surface area contributed by atoms with Crippen molar-refractivity contribution >= 4 is 11.7 Å². The first-order valence-corrected chi connectivity index (χ1v) is 6.17. The monoisotopic (exact) mass is 293 g/mol. The third-order valence-corrected chi connectivity index (χ3v) is 3.06. The molecule has 0 aliphatic carbocycles. The average molecular weight is 293 g/mol. The molecule has 2 aromatic rings. The van der Waals surface area contributed by atoms with E-state index in [2.05, 4.69) is 5.32 Å². The van der Waals surface area contributed by atoms with Crippen LogP contribution in [0.2, 0.25) is 0 Å². The summed E-state index contributed by atoms with van der Waals surface area (Å²) < 4.78 is 27.0. The number of aromatic carboxylic acids is 1. The number of phenolic OH excluding ortho intramolecular Hbond substituents is 1. The molecule has 0 saturated heterocycles. The van der Waals surface area contributed by atoms with E-state index in [1.165, 1.54) is 6.07 Å². The van der Waals surface area contributed by atoms with Crippen molar-refractivity contribution in [2.75, 3.05) is 5.32 Å². The van der Waals surface area contributed by atoms with Gasteiger partial charge in [-0.3, -0.25) is 0 Å². The summed E-state index contributed by atoms with van der Waals surface area (Å²) in [6, 6.07) is 7.40. The SMILES string of the molecule is CC(Nc1cc(C(=O)O)c(F)cc1F)c1ccccc1O. The van der Waals surface area contributed by atoms with Crippen LogP contribution in [-0.2, 0) is 0 Å². The maximum atomic E-state index is 13.7. The Bertz CT molecular complexity index is 689. The highest BCUT2D eigenvalue weighted by Crippen LogP contribution is 2.28. The fourth-order valence-electron chi connectivity index (χ4n) is 1.99. The molecular weight excluding hydrogens is 280 g/mol. The zero-order valence-electron chi connectivity index (χ0n) is 11.1. The van der Waals surface area contributed by atoms with Gasteiger partial charge in [-0.25, -0.2) is 13.6 Å². The lowest BCUT2D eigenvalue weighted by molar-refractivity contribution is 0.0692. The predicted molar refractivity (Wildman–Crippen MR) is 73.5 cm³/mol. The van der Waals surface area contributed by atoms with E-state index in [0.717, 1.165) is 6.07 Å². The number of carbonyl (C=O) groups is 1. The molecule has 110 valence electrons. The average Bonchev–Trinajstić information content (AvgIpc) is 2.41. The minimum atomic E-state index is -1.48. The molecule has 6 heteroatoms. The number of halogens is 2. The van der Waals surface area contributed by atoms with Crippen molar-refractivity contribution < 1.29 is 23.8 Å². The van der Waals surface area contributed by atoms with E-state index in [1.54, 1.807) is 25.1 Å². The van der Waals surface area contributed by atoms with E-state index in [1.807, 2.05) is 0 Å². The summed E-state index contributed by atoms with van der Waals surface area (Å²) in [5.41, 5.74) is -0.258. The zero-order valence-corrected chi connectivity index (χ0v) is 11.1. The standard InChI is InChI=1S/C15H13F2NO3/c1-8(9-4-2-3-5-14(9)19)18-13-6-10(15(20)21)11(16)7-12(13)17/h2-8,18-19H,1H3,(H,20,21). The van der Waals surface area contributed by atoms with Gasteiger partial charge in [0.05, 0.1) is 17.3 Å². The number of nitrogens with one attached hydrogen (secondary N) is 1. The van der Waals surface area contributed by atoms with Gasteiger partial charge in [0, 0.05) is 11.6 Å². The second-order valence-electron chi connectivity index (χ2n) is 4.54. The number of aromatic hydroxyl groups is 1. The fraction of sp³-hybridized carbons (Fsp3) is 0.133. The molecular formula is C15H13F2NO3. The summed E-state index contributed by atoms with van der Waals surface area (Å²) in [5, 5.41) is 21.3. The number of carboxylic acid groups (broad SMARTS) is 1. The first kappa shape index (κ1) is 14.8. The van der Waals surface area contributed by atoms with Gasteiger partial charge in [0.15, 0.2) is 0 Å². The van der Waals surface area contributed by atoms with E-state index in [9.17, 15) is 18.7 Å². The molecule has 1 unspecified atom stereocenters. The van der Waals surface area contributed by atoms with E-state index >= 15 is 0 Å². The molecule has 0 aromatic heterocycles. The van der Waals surface area contributed by atoms with Crippen LogP contribution in [0.25, 0.3) is 0 Å². The van der Waals surface area contributed by atoms with Gasteiger partial charge in [0.1, 0.15) is 17.4 Å². The summed E-state index contributed by atoms with van der Waals surface area (Å²) in [4.78, 5) is 10.9. The molecule has 0 saturated carbocycles. The lowest BCUT2D eigenvalue weighted by Crippen LogP contribution is -2.10. The van der Waals surface area contributed by atoms with E-state index in [0.29, 0.717) is 11.6 Å². The topological polar surface area (TPSA) is 69.6 Å². The van der Waals surface area contributed by atoms with Gasteiger partial charge in [-0.15, -0.1) is 0 Å². The molecule has 4 nitrogen and oxygen atoms in total. The third-order valence-electron chi connectivity index (χ3n) is 3.06. The Kier molecular flexibility index (Phi) is 4.07. The minimum absolute atomic E-state index is 0.0264. The van der Waals surface area contributed by atoms with Crippen molar-refractivity contribution in [3.63, 3.8) is 0 Å². The Morgan fingerprint density at radius 2 is 1.86 bits per heavy atom. The molecule has 0 aliphatic heterocycles. The summed E-state index contributed by atoms with van der Waals surface area (Å²) in [5.74, 6) is -3.50. The van der Waals surface area contributed by atoms with Crippen molar-refractivity contribution in [1.82, 2.24) is 0 Å². The highest BCUT2D eigenvalue weighted by atomic mass is 19.1. The Balaban J connectivity index is 2.33. The van der Waals surface area contributed by atoms with Crippen LogP contribution in [-0.4, -0.2) is 16.2 Å². The number of benzene rings is 2. The Morgan fingerprint density at radius 1 is 1.19 bits per heavy atom. The summed E-state index contributed by atoms with van der Waals surface area (Å²) in [7, 11) is 0. The lowest BCUT2D eigenvalue weighted by Gasteiger charge is -2.17. The summed E-state index contributed by atoms with van der Waals surface area (Å²) >= 11 is 0. The Labute approximate surface area is 119 Å². The maximum Gasteiger partial charge on any atom is 0.338 e. The first-order chi connectivity index (χ1) is 9.90. The predicted octanol–water partition coefficient (Wildman–Crippen LogP) is 3.54. The van der Waals surface area contributed by atoms with Crippen LogP contribution >= 0.6 is 0 Å². The second kappa shape index (κ2) is 5.78. The molecule has 3 N–H and O–H groups in total. The van der Waals surface area contributed by atoms with E-state index < -0.39 is 29.2 Å². The van der Waals surface area contributed by atoms with Crippen molar-refractivity contribution in [2.24, 2.45) is 0 Å². The van der Waals surface area contributed by atoms with Crippen molar-refractivity contribution in [3.8, 4) is 5.75 Å². The number of hydrogen-bond donors (Lipinski definition) is 3. The number of hydrogen-bond acceptors (Lipinski definition) is 3. The first-order valence-electron chi connectivity index (χ1n) is 6.17. The third kappa shape index (κ3) is 3.10. The normalized spacial score (nSPS) is 12.0. The molecule has 0 aliphatic rings. The molecule has 0 bridgehead atoms. The lowest BCUT2D eigenvalue weighted by atomic mass is 10.1. The van der Waals surface area contributed by atoms with Gasteiger partial charge in [-0.05, 0) is 19.1 Å². The molecule has 1 atom stereocenters. The summed E-state index contributed by atoms with van der Waals surface area (Å²) in [6.45, 7) is 1.66. The van der Waals surface area contributed by atoms with E-state index in [-0.39, 0.29) is 11.4 Å². The van der Waals surface area contributed by atoms with Gasteiger partial charge in [0.25, 0.3) is 0 Å². The number of carboxylic acids is 1. The number of para-hydroxylation sites is 1. The highest BCUT2D eigenvalue weighted by Gasteiger charge is 2.17. The molecule has 0 heterocycles. The zero-order chi connectivity index (χ0) is 15.6. The Hall–Kier alpha value is -2.63. The Morgan fingerprint density at radius 3 is 2.48 bits per heavy atom. The van der Waals surface area contributed by atoms with Crippen LogP contribution in [0.3, 0.4) is 0 Å². The molecule has 0 fully saturated rings. The van der Waals surface area contributed by atoms with Crippen molar-refractivity contribution in [2.45, 2.75) is 13.0 Å². The quantitative estimate of drug-likeness (QED) is 0.806. The number of phenols is 1. The minimum Gasteiger partial charge on any atom is -0.508 e. The van der Waals surface area contributed by atoms with Gasteiger partial charge < -0.3 is 15.5 Å². The highest BCUT2D eigenvalue weighted by molar-refractivity contribution is 5.89. The second-order valence-corrected chi connectivity index (χ2v) is 4.54. The van der Waals surface area contributed by atoms with Crippen LogP contribution < -0.4 is 5.32 Å². The van der Waals surface area contributed by atoms with Crippen LogP contribution in [0.5, 0.6) is 5.75 Å². The van der Waals surface area contributed by atoms with Crippen LogP contribution in [0.4, 0.5) is 14.5 Å². The smallest absolute Gasteiger partial charge is 0.338 e. The largest absolute Gasteiger partial charge is 0.508 e. The van der Waals surface area contributed by atoms with Crippen LogP contribution in [0.15, 0.2) is 36.4 Å². The molecule has 2 aromatic carbocycles. The number of rotatable bonds is 4. The van der Waals surface area contributed by atoms with E-state index in [4.69, 9.17) is 5.11 Å². The van der Waals surface area contributed by atoms with Gasteiger partial charge >= 0.3 is 5.97 Å². The fourth-order valence-corrected chi connectivity index (χ4v) is 1.99. The maximum absolute atomic E-state index is 13.7. The van der Waals surface area contributed by atoms with Crippen LogP contribution in [0, 0.1) is 11.6 Å². The molecule has 0 radical (unpaired) electrons. The molecule has 0 spiro atoms. The van der Waals surface area contributed by atoms with Gasteiger partial charge in [0.2, 0.25) is 0 Å². The molecule has 2 rings (SSSR count). The van der Waals surface area contributed by atoms with Gasteiger partial charge in [-0.1, -0.05) is 18.2 Å². The molecule has 21 heavy (non-hydrogen) atoms. The van der Waals surface area contributed by atoms with Crippen molar-refractivity contribution in [3.05, 3.63) is 59.2 Å². The molecule has 0 amide bonds. The number of anilines is 1. The van der Waals surface area contributed by atoms with Gasteiger partial charge in [-0.2, -0.15) is 0 Å². The summed E-state index contributed by atoms with van der Waals surface area (Å²) in [6.07, 6.45) is 0. The van der Waals surface area contributed by atoms with Crippen molar-refractivity contribution in [1.29, 1.82) is 0 Å².